The molecule has 0 heterocycles. The maximum Gasteiger partial charge on any atom is 0.175 e. The standard InChI is InChI=1S/C27H23BrFNO3/c1-31-26-16-19(15-24(28)27(26)32-18-20-7-5-6-10-25(20)29)17-30-21-11-13-23(14-12-21)33-22-8-3-2-4-9-22/h2-16,30H,17-18H2,1H3. The summed E-state index contributed by atoms with van der Waals surface area (Å²) < 4.78 is 31.8. The summed E-state index contributed by atoms with van der Waals surface area (Å²) >= 11 is 3.56. The Kier molecular flexibility index (Phi) is 7.47. The Hall–Kier alpha value is -3.51. The van der Waals surface area contributed by atoms with E-state index in [0.29, 0.717) is 23.6 Å². The van der Waals surface area contributed by atoms with Gasteiger partial charge < -0.3 is 19.5 Å². The Labute approximate surface area is 201 Å². The van der Waals surface area contributed by atoms with E-state index in [-0.39, 0.29) is 12.4 Å². The van der Waals surface area contributed by atoms with Crippen LogP contribution in [0.4, 0.5) is 10.1 Å². The van der Waals surface area contributed by atoms with E-state index in [1.165, 1.54) is 6.07 Å². The zero-order chi connectivity index (χ0) is 23.0. The van der Waals surface area contributed by atoms with Gasteiger partial charge in [0.05, 0.1) is 11.6 Å². The number of anilines is 1. The van der Waals surface area contributed by atoms with Crippen molar-refractivity contribution >= 4 is 21.6 Å². The number of hydrogen-bond acceptors (Lipinski definition) is 4. The average molecular weight is 508 g/mol. The van der Waals surface area contributed by atoms with Crippen molar-refractivity contribution in [1.29, 1.82) is 0 Å². The third kappa shape index (κ3) is 6.05. The molecular weight excluding hydrogens is 485 g/mol. The van der Waals surface area contributed by atoms with Crippen LogP contribution < -0.4 is 19.5 Å². The van der Waals surface area contributed by atoms with Gasteiger partial charge in [-0.15, -0.1) is 0 Å². The van der Waals surface area contributed by atoms with Crippen molar-refractivity contribution in [3.63, 3.8) is 0 Å². The highest BCUT2D eigenvalue weighted by atomic mass is 79.9. The molecule has 6 heteroatoms. The zero-order valence-corrected chi connectivity index (χ0v) is 19.6. The van der Waals surface area contributed by atoms with E-state index in [0.717, 1.165) is 27.2 Å². The number of benzene rings is 4. The topological polar surface area (TPSA) is 39.7 Å². The lowest BCUT2D eigenvalue weighted by molar-refractivity contribution is 0.277. The molecule has 0 saturated carbocycles. The van der Waals surface area contributed by atoms with Crippen LogP contribution in [-0.4, -0.2) is 7.11 Å². The van der Waals surface area contributed by atoms with E-state index < -0.39 is 0 Å². The second-order valence-corrected chi connectivity index (χ2v) is 8.14. The van der Waals surface area contributed by atoms with Crippen LogP contribution in [0.25, 0.3) is 0 Å². The number of methoxy groups -OCH3 is 1. The van der Waals surface area contributed by atoms with Crippen LogP contribution in [0.5, 0.6) is 23.0 Å². The molecule has 0 aliphatic rings. The summed E-state index contributed by atoms with van der Waals surface area (Å²) in [5, 5.41) is 3.39. The Balaban J connectivity index is 1.39. The van der Waals surface area contributed by atoms with Gasteiger partial charge in [-0.1, -0.05) is 36.4 Å². The van der Waals surface area contributed by atoms with Gasteiger partial charge in [-0.3, -0.25) is 0 Å². The number of ether oxygens (including phenoxy) is 3. The van der Waals surface area contributed by atoms with Crippen LogP contribution >= 0.6 is 15.9 Å². The van der Waals surface area contributed by atoms with Crippen LogP contribution in [0, 0.1) is 5.82 Å². The third-order valence-electron chi connectivity index (χ3n) is 4.95. The summed E-state index contributed by atoms with van der Waals surface area (Å²) in [6.45, 7) is 0.693. The van der Waals surface area contributed by atoms with Gasteiger partial charge in [0.1, 0.15) is 23.9 Å². The van der Waals surface area contributed by atoms with E-state index in [4.69, 9.17) is 14.2 Å². The summed E-state index contributed by atoms with van der Waals surface area (Å²) in [6, 6.07) is 27.9. The Morgan fingerprint density at radius 1 is 0.848 bits per heavy atom. The lowest BCUT2D eigenvalue weighted by atomic mass is 10.2. The predicted octanol–water partition coefficient (Wildman–Crippen LogP) is 7.58. The first kappa shape index (κ1) is 22.7. The Morgan fingerprint density at radius 3 is 2.27 bits per heavy atom. The lowest BCUT2D eigenvalue weighted by Crippen LogP contribution is -2.03. The molecule has 4 aromatic rings. The molecule has 0 fully saturated rings. The van der Waals surface area contributed by atoms with Crippen LogP contribution in [0.1, 0.15) is 11.1 Å². The van der Waals surface area contributed by atoms with Gasteiger partial charge >= 0.3 is 0 Å². The van der Waals surface area contributed by atoms with E-state index in [1.807, 2.05) is 66.7 Å². The normalized spacial score (nSPS) is 10.5. The first-order valence-electron chi connectivity index (χ1n) is 10.4. The summed E-state index contributed by atoms with van der Waals surface area (Å²) in [7, 11) is 1.58. The first-order chi connectivity index (χ1) is 16.1. The molecule has 0 amide bonds. The highest BCUT2D eigenvalue weighted by Gasteiger charge is 2.13. The molecule has 4 rings (SSSR count). The molecule has 0 aliphatic carbocycles. The quantitative estimate of drug-likeness (QED) is 0.253. The Bertz CT molecular complexity index is 1200. The van der Waals surface area contributed by atoms with E-state index in [9.17, 15) is 4.39 Å². The fourth-order valence-corrected chi connectivity index (χ4v) is 3.85. The number of nitrogens with one attached hydrogen (secondary N) is 1. The van der Waals surface area contributed by atoms with E-state index in [1.54, 1.807) is 25.3 Å². The van der Waals surface area contributed by atoms with Crippen molar-refractivity contribution < 1.29 is 18.6 Å². The number of para-hydroxylation sites is 1. The van der Waals surface area contributed by atoms with E-state index >= 15 is 0 Å². The lowest BCUT2D eigenvalue weighted by Gasteiger charge is -2.15. The molecule has 0 atom stereocenters. The molecule has 0 saturated heterocycles. The summed E-state index contributed by atoms with van der Waals surface area (Å²) in [6.07, 6.45) is 0. The number of hydrogen-bond donors (Lipinski definition) is 1. The molecular formula is C27H23BrFNO3. The van der Waals surface area contributed by atoms with Crippen LogP contribution in [0.15, 0.2) is 95.5 Å². The van der Waals surface area contributed by atoms with Crippen LogP contribution in [-0.2, 0) is 13.2 Å². The summed E-state index contributed by atoms with van der Waals surface area (Å²) in [5.41, 5.74) is 2.45. The minimum absolute atomic E-state index is 0.108. The van der Waals surface area contributed by atoms with Gasteiger partial charge in [0, 0.05) is 17.8 Å². The number of rotatable bonds is 9. The molecule has 0 aromatic heterocycles. The van der Waals surface area contributed by atoms with Crippen molar-refractivity contribution in [3.8, 4) is 23.0 Å². The molecule has 1 N–H and O–H groups in total. The molecule has 4 nitrogen and oxygen atoms in total. The highest BCUT2D eigenvalue weighted by Crippen LogP contribution is 2.37. The van der Waals surface area contributed by atoms with Crippen LogP contribution in [0.3, 0.4) is 0 Å². The van der Waals surface area contributed by atoms with Gasteiger partial charge in [0.2, 0.25) is 0 Å². The van der Waals surface area contributed by atoms with Gasteiger partial charge in [0.25, 0.3) is 0 Å². The fourth-order valence-electron chi connectivity index (χ4n) is 3.25. The summed E-state index contributed by atoms with van der Waals surface area (Å²) in [5.74, 6) is 2.38. The SMILES string of the molecule is COc1cc(CNc2ccc(Oc3ccccc3)cc2)cc(Br)c1OCc1ccccc1F. The fraction of sp³-hybridized carbons (Fsp3) is 0.111. The minimum Gasteiger partial charge on any atom is -0.493 e. The third-order valence-corrected chi connectivity index (χ3v) is 5.54. The molecule has 0 bridgehead atoms. The largest absolute Gasteiger partial charge is 0.493 e. The van der Waals surface area contributed by atoms with E-state index in [2.05, 4.69) is 21.2 Å². The molecule has 0 radical (unpaired) electrons. The molecule has 0 spiro atoms. The second kappa shape index (κ2) is 10.9. The van der Waals surface area contributed by atoms with Gasteiger partial charge in [0.15, 0.2) is 11.5 Å². The van der Waals surface area contributed by atoms with Crippen molar-refractivity contribution in [3.05, 3.63) is 112 Å². The predicted molar refractivity (Wildman–Crippen MR) is 132 cm³/mol. The Morgan fingerprint density at radius 2 is 1.55 bits per heavy atom. The van der Waals surface area contributed by atoms with Crippen molar-refractivity contribution in [1.82, 2.24) is 0 Å². The van der Waals surface area contributed by atoms with Crippen molar-refractivity contribution in [2.24, 2.45) is 0 Å². The second-order valence-electron chi connectivity index (χ2n) is 7.28. The molecule has 4 aromatic carbocycles. The van der Waals surface area contributed by atoms with Crippen molar-refractivity contribution in [2.45, 2.75) is 13.2 Å². The van der Waals surface area contributed by atoms with Crippen molar-refractivity contribution in [2.75, 3.05) is 12.4 Å². The maximum atomic E-state index is 13.9. The minimum atomic E-state index is -0.298. The number of halogens is 2. The average Bonchev–Trinajstić information content (AvgIpc) is 2.84. The zero-order valence-electron chi connectivity index (χ0n) is 18.1. The molecule has 33 heavy (non-hydrogen) atoms. The summed E-state index contributed by atoms with van der Waals surface area (Å²) in [4.78, 5) is 0. The van der Waals surface area contributed by atoms with Gasteiger partial charge in [-0.2, -0.15) is 0 Å². The highest BCUT2D eigenvalue weighted by molar-refractivity contribution is 9.10. The monoisotopic (exact) mass is 507 g/mol. The van der Waals surface area contributed by atoms with Gasteiger partial charge in [-0.05, 0) is 76.1 Å². The van der Waals surface area contributed by atoms with Crippen LogP contribution in [0.2, 0.25) is 0 Å². The maximum absolute atomic E-state index is 13.9. The first-order valence-corrected chi connectivity index (χ1v) is 11.2. The van der Waals surface area contributed by atoms with Gasteiger partial charge in [-0.25, -0.2) is 4.39 Å². The molecule has 168 valence electrons. The molecule has 0 unspecified atom stereocenters. The smallest absolute Gasteiger partial charge is 0.175 e. The molecule has 0 aliphatic heterocycles.